The lowest BCUT2D eigenvalue weighted by Crippen LogP contribution is -2.29. The first kappa shape index (κ1) is 23.7. The van der Waals surface area contributed by atoms with Gasteiger partial charge in [0.05, 0.1) is 19.8 Å². The molecule has 0 saturated heterocycles. The van der Waals surface area contributed by atoms with Crippen LogP contribution in [0, 0.1) is 12.3 Å². The monoisotopic (exact) mass is 404 g/mol. The smallest absolute Gasteiger partial charge is 0.251 e. The molecule has 0 aliphatic carbocycles. The fourth-order valence-corrected chi connectivity index (χ4v) is 1.96. The lowest BCUT2D eigenvalue weighted by atomic mass is 10.2. The van der Waals surface area contributed by atoms with E-state index < -0.39 is 6.23 Å². The van der Waals surface area contributed by atoms with Gasteiger partial charge < -0.3 is 30.6 Å². The summed E-state index contributed by atoms with van der Waals surface area (Å²) in [6.45, 7) is 0.795. The summed E-state index contributed by atoms with van der Waals surface area (Å²) in [4.78, 5) is 25.9. The van der Waals surface area contributed by atoms with Crippen LogP contribution in [-0.2, 0) is 14.3 Å². The Hall–Kier alpha value is -3.29. The van der Waals surface area contributed by atoms with Crippen LogP contribution in [0.2, 0.25) is 0 Å². The fourth-order valence-electron chi connectivity index (χ4n) is 1.96. The van der Waals surface area contributed by atoms with E-state index in [1.54, 1.807) is 24.3 Å². The second-order valence-corrected chi connectivity index (χ2v) is 5.45. The number of terminal acetylenes is 1. The largest absolute Gasteiger partial charge is 0.491 e. The summed E-state index contributed by atoms with van der Waals surface area (Å²) >= 11 is 0. The molecule has 2 amide bonds. The quantitative estimate of drug-likeness (QED) is 0.132. The molecule has 11 heteroatoms. The van der Waals surface area contributed by atoms with Crippen LogP contribution in [0.1, 0.15) is 10.4 Å². The number of nitrogens with one attached hydrogen (secondary N) is 2. The number of benzene rings is 1. The highest BCUT2D eigenvalue weighted by Gasteiger charge is 2.10. The van der Waals surface area contributed by atoms with Gasteiger partial charge in [0, 0.05) is 23.6 Å². The predicted octanol–water partition coefficient (Wildman–Crippen LogP) is 0.173. The van der Waals surface area contributed by atoms with Crippen molar-refractivity contribution in [1.82, 2.24) is 10.6 Å². The number of hydrogen-bond donors (Lipinski definition) is 3. The number of ether oxygens (including phenoxy) is 3. The van der Waals surface area contributed by atoms with Gasteiger partial charge in [-0.15, -0.1) is 6.42 Å². The van der Waals surface area contributed by atoms with Gasteiger partial charge in [-0.2, -0.15) is 0 Å². The third kappa shape index (κ3) is 10.6. The van der Waals surface area contributed by atoms with Crippen LogP contribution in [-0.4, -0.2) is 64.1 Å². The first-order chi connectivity index (χ1) is 14.1. The highest BCUT2D eigenvalue weighted by atomic mass is 16.6. The van der Waals surface area contributed by atoms with Crippen molar-refractivity contribution in [2.75, 3.05) is 46.1 Å². The zero-order chi connectivity index (χ0) is 21.3. The zero-order valence-electron chi connectivity index (χ0n) is 15.9. The van der Waals surface area contributed by atoms with Gasteiger partial charge >= 0.3 is 0 Å². The van der Waals surface area contributed by atoms with Gasteiger partial charge in [-0.25, -0.2) is 0 Å². The minimum atomic E-state index is -0.909. The molecule has 0 aliphatic heterocycles. The molecule has 0 aliphatic rings. The third-order valence-electron chi connectivity index (χ3n) is 3.26. The average molecular weight is 404 g/mol. The standard InChI is InChI=1S/C18H24N6O5/c1-2-7-21-16(25)12-27-9-10-28-17(23-24-20)13-29-15-5-3-4-14(11-15)18(26)22-8-6-19/h1,3-5,11,17H,6-10,12-13,19H2,(H,21,25)(H,22,26). The van der Waals surface area contributed by atoms with Crippen LogP contribution < -0.4 is 21.1 Å². The molecule has 1 aromatic carbocycles. The number of rotatable bonds is 14. The van der Waals surface area contributed by atoms with E-state index in [2.05, 4.69) is 26.6 Å². The maximum atomic E-state index is 11.9. The molecule has 1 unspecified atom stereocenters. The van der Waals surface area contributed by atoms with Gasteiger partial charge in [-0.3, -0.25) is 9.59 Å². The van der Waals surface area contributed by atoms with Crippen molar-refractivity contribution in [2.45, 2.75) is 6.23 Å². The van der Waals surface area contributed by atoms with E-state index in [1.165, 1.54) is 0 Å². The molecule has 1 rings (SSSR count). The lowest BCUT2D eigenvalue weighted by Gasteiger charge is -2.14. The SMILES string of the molecule is C#CCNC(=O)COCCOC(COc1cccc(C(=O)NCCN)c1)N=[N+]=[N-]. The molecular weight excluding hydrogens is 380 g/mol. The maximum Gasteiger partial charge on any atom is 0.251 e. The fraction of sp³-hybridized carbons (Fsp3) is 0.444. The summed E-state index contributed by atoms with van der Waals surface area (Å²) in [6, 6.07) is 6.51. The molecule has 0 heterocycles. The van der Waals surface area contributed by atoms with E-state index in [1.807, 2.05) is 0 Å². The van der Waals surface area contributed by atoms with Crippen molar-refractivity contribution >= 4 is 11.8 Å². The van der Waals surface area contributed by atoms with E-state index in [4.69, 9.17) is 31.9 Å². The highest BCUT2D eigenvalue weighted by molar-refractivity contribution is 5.94. The van der Waals surface area contributed by atoms with Crippen LogP contribution in [0.3, 0.4) is 0 Å². The van der Waals surface area contributed by atoms with E-state index in [0.29, 0.717) is 24.4 Å². The molecule has 156 valence electrons. The van der Waals surface area contributed by atoms with E-state index >= 15 is 0 Å². The van der Waals surface area contributed by atoms with Gasteiger partial charge in [0.1, 0.15) is 19.0 Å². The summed E-state index contributed by atoms with van der Waals surface area (Å²) in [5.74, 6) is 2.08. The van der Waals surface area contributed by atoms with Crippen molar-refractivity contribution in [3.8, 4) is 18.1 Å². The molecule has 1 aromatic rings. The van der Waals surface area contributed by atoms with Crippen molar-refractivity contribution in [3.63, 3.8) is 0 Å². The summed E-state index contributed by atoms with van der Waals surface area (Å²) < 4.78 is 16.0. The van der Waals surface area contributed by atoms with Gasteiger partial charge in [0.15, 0.2) is 6.23 Å². The normalized spacial score (nSPS) is 10.9. The number of carbonyl (C=O) groups excluding carboxylic acids is 2. The molecule has 11 nitrogen and oxygen atoms in total. The predicted molar refractivity (Wildman–Crippen MR) is 105 cm³/mol. The molecular formula is C18H24N6O5. The topological polar surface area (TPSA) is 161 Å². The Balaban J connectivity index is 2.41. The average Bonchev–Trinajstić information content (AvgIpc) is 2.74. The molecule has 0 aromatic heterocycles. The zero-order valence-corrected chi connectivity index (χ0v) is 15.9. The number of nitrogens with two attached hydrogens (primary N) is 1. The summed E-state index contributed by atoms with van der Waals surface area (Å²) in [6.07, 6.45) is 4.12. The van der Waals surface area contributed by atoms with Gasteiger partial charge in [-0.05, 0) is 23.7 Å². The second kappa shape index (κ2) is 14.7. The molecule has 0 bridgehead atoms. The van der Waals surface area contributed by atoms with Crippen LogP contribution in [0.5, 0.6) is 5.75 Å². The Morgan fingerprint density at radius 1 is 1.34 bits per heavy atom. The molecule has 29 heavy (non-hydrogen) atoms. The lowest BCUT2D eigenvalue weighted by molar-refractivity contribution is -0.126. The van der Waals surface area contributed by atoms with Crippen LogP contribution in [0.25, 0.3) is 10.4 Å². The maximum absolute atomic E-state index is 11.9. The Kier molecular flexibility index (Phi) is 12.1. The molecule has 0 radical (unpaired) electrons. The Morgan fingerprint density at radius 3 is 2.90 bits per heavy atom. The summed E-state index contributed by atoms with van der Waals surface area (Å²) in [5.41, 5.74) is 14.4. The third-order valence-corrected chi connectivity index (χ3v) is 3.26. The van der Waals surface area contributed by atoms with E-state index in [0.717, 1.165) is 0 Å². The molecule has 4 N–H and O–H groups in total. The molecule has 1 atom stereocenters. The van der Waals surface area contributed by atoms with Gasteiger partial charge in [0.25, 0.3) is 5.91 Å². The molecule has 0 spiro atoms. The van der Waals surface area contributed by atoms with E-state index in [9.17, 15) is 9.59 Å². The van der Waals surface area contributed by atoms with Crippen LogP contribution in [0.15, 0.2) is 29.4 Å². The minimum Gasteiger partial charge on any atom is -0.491 e. The Morgan fingerprint density at radius 2 is 2.17 bits per heavy atom. The summed E-state index contributed by atoms with van der Waals surface area (Å²) in [7, 11) is 0. The first-order valence-electron chi connectivity index (χ1n) is 8.75. The van der Waals surface area contributed by atoms with Crippen molar-refractivity contribution < 1.29 is 23.8 Å². The van der Waals surface area contributed by atoms with Crippen molar-refractivity contribution in [3.05, 3.63) is 40.3 Å². The Bertz CT molecular complexity index is 745. The van der Waals surface area contributed by atoms with Crippen molar-refractivity contribution in [1.29, 1.82) is 0 Å². The van der Waals surface area contributed by atoms with Gasteiger partial charge in [-0.1, -0.05) is 17.1 Å². The number of hydrogen-bond acceptors (Lipinski definition) is 7. The molecule has 0 saturated carbocycles. The van der Waals surface area contributed by atoms with Crippen LogP contribution in [0.4, 0.5) is 0 Å². The minimum absolute atomic E-state index is 0.0689. The first-order valence-corrected chi connectivity index (χ1v) is 8.75. The van der Waals surface area contributed by atoms with E-state index in [-0.39, 0.29) is 44.8 Å². The summed E-state index contributed by atoms with van der Waals surface area (Å²) in [5, 5.41) is 8.60. The van der Waals surface area contributed by atoms with Gasteiger partial charge in [0.2, 0.25) is 5.91 Å². The highest BCUT2D eigenvalue weighted by Crippen LogP contribution is 2.14. The van der Waals surface area contributed by atoms with Crippen LogP contribution >= 0.6 is 0 Å². The number of carbonyl (C=O) groups is 2. The number of azide groups is 1. The number of nitrogens with zero attached hydrogens (tertiary/aromatic N) is 3. The second-order valence-electron chi connectivity index (χ2n) is 5.45. The van der Waals surface area contributed by atoms with Crippen molar-refractivity contribution in [2.24, 2.45) is 10.8 Å². The number of amides is 2. The molecule has 0 fully saturated rings. The Labute approximate surface area is 168 Å².